The van der Waals surface area contributed by atoms with Gasteiger partial charge in [-0.1, -0.05) is 29.3 Å². The maximum Gasteiger partial charge on any atom is 0.418 e. The lowest BCUT2D eigenvalue weighted by Gasteiger charge is -2.26. The molecule has 48 heavy (non-hydrogen) atoms. The Morgan fingerprint density at radius 2 is 1.67 bits per heavy atom. The van der Waals surface area contributed by atoms with E-state index in [1.54, 1.807) is 39.8 Å². The third-order valence-electron chi connectivity index (χ3n) is 7.33. The second-order valence-corrected chi connectivity index (χ2v) is 14.4. The molecular formula is C31H30ClF3N6O6S. The highest BCUT2D eigenvalue weighted by Crippen LogP contribution is 2.35. The van der Waals surface area contributed by atoms with Gasteiger partial charge in [0.25, 0.3) is 15.9 Å². The van der Waals surface area contributed by atoms with E-state index in [2.05, 4.69) is 9.97 Å². The highest BCUT2D eigenvalue weighted by molar-refractivity contribution is 7.90. The van der Waals surface area contributed by atoms with Gasteiger partial charge in [-0.05, 0) is 71.0 Å². The quantitative estimate of drug-likeness (QED) is 0.241. The van der Waals surface area contributed by atoms with Gasteiger partial charge in [0.05, 0.1) is 22.0 Å². The van der Waals surface area contributed by atoms with Gasteiger partial charge < -0.3 is 4.74 Å². The van der Waals surface area contributed by atoms with Crippen LogP contribution in [0.1, 0.15) is 37.6 Å². The molecule has 0 bridgehead atoms. The zero-order valence-corrected chi connectivity index (χ0v) is 28.1. The van der Waals surface area contributed by atoms with Gasteiger partial charge in [-0.2, -0.15) is 13.2 Å². The lowest BCUT2D eigenvalue weighted by Crippen LogP contribution is -2.47. The van der Waals surface area contributed by atoms with Crippen LogP contribution in [0.4, 0.5) is 34.4 Å². The van der Waals surface area contributed by atoms with E-state index in [4.69, 9.17) is 16.3 Å². The van der Waals surface area contributed by atoms with Crippen LogP contribution >= 0.6 is 11.6 Å². The number of pyridine rings is 2. The van der Waals surface area contributed by atoms with Gasteiger partial charge in [-0.15, -0.1) is 0 Å². The lowest BCUT2D eigenvalue weighted by molar-refractivity contribution is -0.137. The van der Waals surface area contributed by atoms with E-state index in [0.29, 0.717) is 15.9 Å². The number of aryl methyl sites for hydroxylation is 2. The van der Waals surface area contributed by atoms with Crippen molar-refractivity contribution in [3.8, 4) is 0 Å². The molecule has 12 nitrogen and oxygen atoms in total. The zero-order valence-electron chi connectivity index (χ0n) is 26.5. The fourth-order valence-electron chi connectivity index (χ4n) is 5.01. The molecule has 254 valence electrons. The van der Waals surface area contributed by atoms with Gasteiger partial charge in [0.2, 0.25) is 0 Å². The Balaban J connectivity index is 1.57. The Hall–Kier alpha value is -4.70. The topological polar surface area (TPSA) is 135 Å². The Bertz CT molecular complexity index is 2060. The molecule has 1 aliphatic heterocycles. The van der Waals surface area contributed by atoms with Crippen molar-refractivity contribution in [2.45, 2.75) is 57.3 Å². The first kappa shape index (κ1) is 34.6. The second kappa shape index (κ2) is 12.1. The molecule has 4 aromatic rings. The number of amides is 4. The molecule has 1 aromatic carbocycles. The van der Waals surface area contributed by atoms with E-state index in [1.165, 1.54) is 44.4 Å². The fourth-order valence-corrected chi connectivity index (χ4v) is 6.63. The predicted octanol–water partition coefficient (Wildman–Crippen LogP) is 6.17. The number of likely N-dealkylation sites (N-methyl/N-ethyl adjacent to an activating group) is 1. The van der Waals surface area contributed by atoms with Crippen LogP contribution in [0, 0.1) is 13.8 Å². The molecule has 17 heteroatoms. The van der Waals surface area contributed by atoms with Gasteiger partial charge in [0.1, 0.15) is 23.3 Å². The third kappa shape index (κ3) is 6.54. The first-order valence-electron chi connectivity index (χ1n) is 14.4. The first-order chi connectivity index (χ1) is 22.2. The predicted molar refractivity (Wildman–Crippen MR) is 170 cm³/mol. The molecule has 1 fully saturated rings. The van der Waals surface area contributed by atoms with Crippen molar-refractivity contribution >= 4 is 62.3 Å². The second-order valence-electron chi connectivity index (χ2n) is 12.1. The van der Waals surface area contributed by atoms with Gasteiger partial charge >= 0.3 is 18.3 Å². The average Bonchev–Trinajstić information content (AvgIpc) is 3.51. The normalized spacial score (nSPS) is 15.7. The largest absolute Gasteiger partial charge is 0.443 e. The molecule has 0 saturated carbocycles. The van der Waals surface area contributed by atoms with Crippen LogP contribution < -0.4 is 9.80 Å². The molecule has 5 rings (SSSR count). The number of hydrogen-bond acceptors (Lipinski definition) is 8. The van der Waals surface area contributed by atoms with Crippen molar-refractivity contribution in [3.05, 3.63) is 76.6 Å². The number of aromatic nitrogens is 3. The molecule has 0 unspecified atom stereocenters. The van der Waals surface area contributed by atoms with Crippen LogP contribution in [0.15, 0.2) is 59.6 Å². The van der Waals surface area contributed by atoms with Gasteiger partial charge in [-0.25, -0.2) is 36.8 Å². The average molecular weight is 707 g/mol. The summed E-state index contributed by atoms with van der Waals surface area (Å²) in [4.78, 5) is 51.5. The maximum absolute atomic E-state index is 14.1. The number of halogens is 4. The molecule has 4 amide bonds. The number of carbonyl (C=O) groups excluding carboxylic acids is 3. The van der Waals surface area contributed by atoms with Gasteiger partial charge in [0, 0.05) is 24.3 Å². The maximum atomic E-state index is 14.1. The minimum Gasteiger partial charge on any atom is -0.443 e. The minimum absolute atomic E-state index is 0.0375. The monoisotopic (exact) mass is 706 g/mol. The molecule has 4 heterocycles. The van der Waals surface area contributed by atoms with Crippen molar-refractivity contribution in [1.82, 2.24) is 18.8 Å². The zero-order chi connectivity index (χ0) is 35.5. The standard InChI is InChI=1S/C31H30ClF3N6O6S/c1-17-7-9-20(10-8-17)48(45,46)40-15-22(32)21-11-12-24(37-26(21)40)38(6)27(42)23-16-39(29(44)47-30(3,4)5)28(43)41(23)25-14-19(31(33,34)35)13-18(2)36-25/h7-15,23H,16H2,1-6H3/t23-/m0/s1. The smallest absolute Gasteiger partial charge is 0.418 e. The lowest BCUT2D eigenvalue weighted by atomic mass is 10.2. The number of anilines is 2. The molecule has 1 saturated heterocycles. The van der Waals surface area contributed by atoms with E-state index in [1.807, 2.05) is 0 Å². The number of fused-ring (bicyclic) bond motifs is 1. The van der Waals surface area contributed by atoms with Crippen LogP contribution in [-0.2, 0) is 25.7 Å². The number of benzene rings is 1. The summed E-state index contributed by atoms with van der Waals surface area (Å²) in [5.74, 6) is -1.47. The summed E-state index contributed by atoms with van der Waals surface area (Å²) in [6.07, 6.45) is -4.74. The van der Waals surface area contributed by atoms with Crippen LogP contribution in [-0.4, -0.2) is 70.5 Å². The number of urea groups is 1. The highest BCUT2D eigenvalue weighted by Gasteiger charge is 2.49. The molecule has 0 radical (unpaired) electrons. The molecule has 0 N–H and O–H groups in total. The fraction of sp³-hybridized carbons (Fsp3) is 0.323. The Morgan fingerprint density at radius 1 is 1.02 bits per heavy atom. The highest BCUT2D eigenvalue weighted by atomic mass is 35.5. The number of ether oxygens (including phenoxy) is 1. The van der Waals surface area contributed by atoms with Crippen molar-refractivity contribution in [2.75, 3.05) is 23.4 Å². The summed E-state index contributed by atoms with van der Waals surface area (Å²) in [5, 5.41) is 0.328. The molecule has 0 spiro atoms. The number of alkyl halides is 3. The van der Waals surface area contributed by atoms with Crippen LogP contribution in [0.2, 0.25) is 5.02 Å². The van der Waals surface area contributed by atoms with Crippen molar-refractivity contribution in [2.24, 2.45) is 0 Å². The third-order valence-corrected chi connectivity index (χ3v) is 9.29. The number of rotatable bonds is 5. The van der Waals surface area contributed by atoms with Crippen molar-refractivity contribution in [1.29, 1.82) is 0 Å². The van der Waals surface area contributed by atoms with E-state index >= 15 is 0 Å². The molecule has 3 aromatic heterocycles. The van der Waals surface area contributed by atoms with E-state index in [9.17, 15) is 36.0 Å². The summed E-state index contributed by atoms with van der Waals surface area (Å²) in [6.45, 7) is 7.16. The Morgan fingerprint density at radius 3 is 2.27 bits per heavy atom. The Labute approximate surface area is 278 Å². The van der Waals surface area contributed by atoms with Crippen LogP contribution in [0.25, 0.3) is 11.0 Å². The summed E-state index contributed by atoms with van der Waals surface area (Å²) in [5.41, 5.74) is -1.52. The summed E-state index contributed by atoms with van der Waals surface area (Å²) in [6, 6.07) is 7.63. The summed E-state index contributed by atoms with van der Waals surface area (Å²) >= 11 is 6.36. The Kier molecular flexibility index (Phi) is 8.71. The van der Waals surface area contributed by atoms with Gasteiger partial charge in [-0.3, -0.25) is 14.6 Å². The SMILES string of the molecule is Cc1ccc(S(=O)(=O)n2cc(Cl)c3ccc(N(C)C(=O)[C@@H]4CN(C(=O)OC(C)(C)C)C(=O)N4c4cc(C(F)(F)F)cc(C)n4)nc32)cc1. The molecule has 1 atom stereocenters. The van der Waals surface area contributed by atoms with Crippen LogP contribution in [0.3, 0.4) is 0 Å². The van der Waals surface area contributed by atoms with E-state index in [0.717, 1.165) is 20.5 Å². The number of hydrogen-bond donors (Lipinski definition) is 0. The van der Waals surface area contributed by atoms with Crippen LogP contribution in [0.5, 0.6) is 0 Å². The van der Waals surface area contributed by atoms with Crippen molar-refractivity contribution in [3.63, 3.8) is 0 Å². The summed E-state index contributed by atoms with van der Waals surface area (Å²) in [7, 11) is -2.91. The number of nitrogens with zero attached hydrogens (tertiary/aromatic N) is 6. The number of carbonyl (C=O) groups is 3. The van der Waals surface area contributed by atoms with Gasteiger partial charge in [0.15, 0.2) is 5.65 Å². The number of imide groups is 1. The molecule has 1 aliphatic rings. The first-order valence-corrected chi connectivity index (χ1v) is 16.2. The van der Waals surface area contributed by atoms with Crippen molar-refractivity contribution < 1.29 is 40.7 Å². The van der Waals surface area contributed by atoms with E-state index < -0.39 is 63.8 Å². The molecule has 0 aliphatic carbocycles. The minimum atomic E-state index is -4.80. The van der Waals surface area contributed by atoms with E-state index in [-0.39, 0.29) is 32.5 Å². The molecular weight excluding hydrogens is 677 g/mol. The summed E-state index contributed by atoms with van der Waals surface area (Å²) < 4.78 is 74.6.